The number of carboxylic acid groups (broad SMARTS) is 1. The Morgan fingerprint density at radius 1 is 1.13 bits per heavy atom. The molecule has 0 spiro atoms. The van der Waals surface area contributed by atoms with Crippen LogP contribution in [-0.4, -0.2) is 67.0 Å². The second-order valence-corrected chi connectivity index (χ2v) is 5.12. The number of hydrogen-bond acceptors (Lipinski definition) is 6. The Morgan fingerprint density at radius 2 is 1.70 bits per heavy atom. The minimum absolute atomic E-state index is 0.00545. The molecule has 0 aliphatic carbocycles. The van der Waals surface area contributed by atoms with Gasteiger partial charge in [-0.2, -0.15) is 0 Å². The fraction of sp³-hybridized carbons (Fsp3) is 0.467. The molecule has 1 aliphatic heterocycles. The Balaban J connectivity index is 2.41. The van der Waals surface area contributed by atoms with Crippen LogP contribution in [0.4, 0.5) is 0 Å². The zero-order valence-electron chi connectivity index (χ0n) is 13.1. The lowest BCUT2D eigenvalue weighted by Gasteiger charge is -2.22. The van der Waals surface area contributed by atoms with Gasteiger partial charge in [0.05, 0.1) is 27.4 Å². The second kappa shape index (κ2) is 6.74. The highest BCUT2D eigenvalue weighted by Crippen LogP contribution is 2.38. The van der Waals surface area contributed by atoms with Crippen LogP contribution in [0.3, 0.4) is 0 Å². The number of aliphatic hydroxyl groups is 1. The number of carboxylic acids is 1. The molecule has 0 bridgehead atoms. The van der Waals surface area contributed by atoms with Crippen molar-refractivity contribution in [3.05, 3.63) is 17.7 Å². The molecule has 1 aromatic rings. The van der Waals surface area contributed by atoms with Crippen LogP contribution in [0.1, 0.15) is 16.8 Å². The van der Waals surface area contributed by atoms with E-state index in [9.17, 15) is 19.8 Å². The van der Waals surface area contributed by atoms with Crippen LogP contribution in [0.25, 0.3) is 0 Å². The molecular formula is C15H19NO7. The van der Waals surface area contributed by atoms with E-state index in [2.05, 4.69) is 0 Å². The smallest absolute Gasteiger partial charge is 0.326 e. The van der Waals surface area contributed by atoms with Crippen molar-refractivity contribution in [2.45, 2.75) is 18.6 Å². The molecule has 8 heteroatoms. The fourth-order valence-corrected chi connectivity index (χ4v) is 2.64. The summed E-state index contributed by atoms with van der Waals surface area (Å²) < 4.78 is 15.6. The molecule has 0 unspecified atom stereocenters. The van der Waals surface area contributed by atoms with Gasteiger partial charge in [-0.3, -0.25) is 4.79 Å². The molecule has 2 N–H and O–H groups in total. The minimum atomic E-state index is -1.15. The molecule has 1 saturated heterocycles. The van der Waals surface area contributed by atoms with E-state index in [-0.39, 0.29) is 18.5 Å². The van der Waals surface area contributed by atoms with Crippen molar-refractivity contribution in [3.63, 3.8) is 0 Å². The first-order chi connectivity index (χ1) is 10.9. The SMILES string of the molecule is COc1cc(C(=O)N2C[C@H](O)C[C@H]2C(=O)O)cc(OC)c1OC. The minimum Gasteiger partial charge on any atom is -0.493 e. The first-order valence-corrected chi connectivity index (χ1v) is 6.94. The van der Waals surface area contributed by atoms with Crippen LogP contribution in [0, 0.1) is 0 Å². The van der Waals surface area contributed by atoms with Crippen molar-refractivity contribution in [1.29, 1.82) is 0 Å². The Bertz CT molecular complexity index is 591. The molecule has 1 amide bonds. The lowest BCUT2D eigenvalue weighted by Crippen LogP contribution is -2.40. The van der Waals surface area contributed by atoms with Crippen molar-refractivity contribution in [2.24, 2.45) is 0 Å². The summed E-state index contributed by atoms with van der Waals surface area (Å²) in [6, 6.07) is 1.84. The number of aliphatic hydroxyl groups excluding tert-OH is 1. The van der Waals surface area contributed by atoms with Gasteiger partial charge in [-0.15, -0.1) is 0 Å². The highest BCUT2D eigenvalue weighted by molar-refractivity contribution is 5.98. The normalized spacial score (nSPS) is 20.3. The number of hydrogen-bond donors (Lipinski definition) is 2. The predicted molar refractivity (Wildman–Crippen MR) is 79.2 cm³/mol. The Hall–Kier alpha value is -2.48. The standard InChI is InChI=1S/C15H19NO7/c1-21-11-4-8(5-12(22-2)13(11)23-3)14(18)16-7-9(17)6-10(16)15(19)20/h4-5,9-10,17H,6-7H2,1-3H3,(H,19,20)/t9-,10+/m1/s1. The Kier molecular flexibility index (Phi) is 4.95. The number of amides is 1. The number of likely N-dealkylation sites (tertiary alicyclic amines) is 1. The molecular weight excluding hydrogens is 306 g/mol. The fourth-order valence-electron chi connectivity index (χ4n) is 2.64. The number of carbonyl (C=O) groups is 2. The number of β-amino-alcohol motifs (C(OH)–C–C–N with tert-alkyl or cyclic N) is 1. The first-order valence-electron chi connectivity index (χ1n) is 6.94. The summed E-state index contributed by atoms with van der Waals surface area (Å²) in [5, 5.41) is 18.9. The molecule has 126 valence electrons. The van der Waals surface area contributed by atoms with Gasteiger partial charge >= 0.3 is 5.97 Å². The van der Waals surface area contributed by atoms with E-state index in [0.29, 0.717) is 17.2 Å². The average molecular weight is 325 g/mol. The summed E-state index contributed by atoms with van der Waals surface area (Å²) in [5.74, 6) is -0.748. The summed E-state index contributed by atoms with van der Waals surface area (Å²) in [4.78, 5) is 25.0. The van der Waals surface area contributed by atoms with Gasteiger partial charge in [0.1, 0.15) is 6.04 Å². The number of rotatable bonds is 5. The van der Waals surface area contributed by atoms with Gasteiger partial charge in [0.25, 0.3) is 5.91 Å². The molecule has 0 saturated carbocycles. The summed E-state index contributed by atoms with van der Waals surface area (Å²) in [5.41, 5.74) is 0.194. The molecule has 1 fully saturated rings. The average Bonchev–Trinajstić information content (AvgIpc) is 2.94. The monoisotopic (exact) mass is 325 g/mol. The van der Waals surface area contributed by atoms with E-state index in [0.717, 1.165) is 4.90 Å². The van der Waals surface area contributed by atoms with E-state index in [1.807, 2.05) is 0 Å². The number of ether oxygens (including phenoxy) is 3. The molecule has 2 rings (SSSR count). The molecule has 2 atom stereocenters. The third-order valence-corrected chi connectivity index (χ3v) is 3.74. The summed E-state index contributed by atoms with van der Waals surface area (Å²) in [6.07, 6.45) is -0.854. The highest BCUT2D eigenvalue weighted by Gasteiger charge is 2.39. The largest absolute Gasteiger partial charge is 0.493 e. The molecule has 0 radical (unpaired) electrons. The maximum absolute atomic E-state index is 12.6. The first kappa shape index (κ1) is 16.9. The summed E-state index contributed by atoms with van der Waals surface area (Å²) >= 11 is 0. The number of nitrogens with zero attached hydrogens (tertiary/aromatic N) is 1. The number of carbonyl (C=O) groups excluding carboxylic acids is 1. The second-order valence-electron chi connectivity index (χ2n) is 5.12. The van der Waals surface area contributed by atoms with Crippen molar-refractivity contribution < 1.29 is 34.0 Å². The molecule has 1 aromatic carbocycles. The maximum Gasteiger partial charge on any atom is 0.326 e. The van der Waals surface area contributed by atoms with E-state index >= 15 is 0 Å². The zero-order chi connectivity index (χ0) is 17.1. The van der Waals surface area contributed by atoms with Crippen molar-refractivity contribution in [2.75, 3.05) is 27.9 Å². The highest BCUT2D eigenvalue weighted by atomic mass is 16.5. The summed E-state index contributed by atoms with van der Waals surface area (Å²) in [7, 11) is 4.29. The lowest BCUT2D eigenvalue weighted by molar-refractivity contribution is -0.141. The maximum atomic E-state index is 12.6. The molecule has 1 heterocycles. The lowest BCUT2D eigenvalue weighted by atomic mass is 10.1. The van der Waals surface area contributed by atoms with Crippen LogP contribution < -0.4 is 14.2 Å². The van der Waals surface area contributed by atoms with Crippen LogP contribution >= 0.6 is 0 Å². The van der Waals surface area contributed by atoms with E-state index in [1.54, 1.807) is 0 Å². The predicted octanol–water partition coefficient (Wildman–Crippen LogP) is 0.372. The van der Waals surface area contributed by atoms with Crippen LogP contribution in [0.5, 0.6) is 17.2 Å². The van der Waals surface area contributed by atoms with E-state index < -0.39 is 24.0 Å². The zero-order valence-corrected chi connectivity index (χ0v) is 13.1. The molecule has 23 heavy (non-hydrogen) atoms. The number of methoxy groups -OCH3 is 3. The van der Waals surface area contributed by atoms with Gasteiger partial charge in [0, 0.05) is 18.5 Å². The van der Waals surface area contributed by atoms with Crippen LogP contribution in [0.2, 0.25) is 0 Å². The van der Waals surface area contributed by atoms with Gasteiger partial charge < -0.3 is 29.3 Å². The van der Waals surface area contributed by atoms with Crippen molar-refractivity contribution in [3.8, 4) is 17.2 Å². The topological polar surface area (TPSA) is 106 Å². The summed E-state index contributed by atoms with van der Waals surface area (Å²) in [6.45, 7) is -0.0353. The van der Waals surface area contributed by atoms with Gasteiger partial charge in [-0.05, 0) is 12.1 Å². The quantitative estimate of drug-likeness (QED) is 0.806. The van der Waals surface area contributed by atoms with Gasteiger partial charge in [0.2, 0.25) is 5.75 Å². The van der Waals surface area contributed by atoms with Crippen LogP contribution in [-0.2, 0) is 4.79 Å². The Labute approximate surface area is 133 Å². The molecule has 8 nitrogen and oxygen atoms in total. The molecule has 0 aromatic heterocycles. The Morgan fingerprint density at radius 3 is 2.13 bits per heavy atom. The number of aliphatic carboxylic acids is 1. The molecule has 1 aliphatic rings. The van der Waals surface area contributed by atoms with Gasteiger partial charge in [-0.1, -0.05) is 0 Å². The third-order valence-electron chi connectivity index (χ3n) is 3.74. The van der Waals surface area contributed by atoms with Gasteiger partial charge in [-0.25, -0.2) is 4.79 Å². The van der Waals surface area contributed by atoms with Crippen molar-refractivity contribution in [1.82, 2.24) is 4.90 Å². The van der Waals surface area contributed by atoms with Crippen LogP contribution in [0.15, 0.2) is 12.1 Å². The van der Waals surface area contributed by atoms with Gasteiger partial charge in [0.15, 0.2) is 11.5 Å². The number of benzene rings is 1. The van der Waals surface area contributed by atoms with Crippen molar-refractivity contribution >= 4 is 11.9 Å². The van der Waals surface area contributed by atoms with E-state index in [1.165, 1.54) is 33.5 Å². The van der Waals surface area contributed by atoms with E-state index in [4.69, 9.17) is 14.2 Å². The third kappa shape index (κ3) is 3.16.